The van der Waals surface area contributed by atoms with Gasteiger partial charge in [0.05, 0.1) is 12.0 Å². The van der Waals surface area contributed by atoms with Crippen LogP contribution in [-0.2, 0) is 16.4 Å². The molecule has 112 valence electrons. The second-order valence-corrected chi connectivity index (χ2v) is 6.14. The zero-order chi connectivity index (χ0) is 15.3. The van der Waals surface area contributed by atoms with Gasteiger partial charge < -0.3 is 9.84 Å². The van der Waals surface area contributed by atoms with Crippen molar-refractivity contribution < 1.29 is 18.3 Å². The molecule has 0 aliphatic carbocycles. The highest BCUT2D eigenvalue weighted by molar-refractivity contribution is 7.92. The number of ether oxygens (including phenoxy) is 1. The molecule has 0 aliphatic rings. The van der Waals surface area contributed by atoms with Gasteiger partial charge in [0.1, 0.15) is 5.75 Å². The molecule has 21 heavy (non-hydrogen) atoms. The standard InChI is InChI=1S/C15H17NO4S/c1-20-14-3-2-4-15(11-14)21(18,19)16-13-7-5-12(6-8-13)9-10-17/h2-8,11,16-17H,9-10H2,1H3. The van der Waals surface area contributed by atoms with E-state index in [-0.39, 0.29) is 11.5 Å². The van der Waals surface area contributed by atoms with Crippen LogP contribution in [0.1, 0.15) is 5.56 Å². The first kappa shape index (κ1) is 15.3. The van der Waals surface area contributed by atoms with Crippen LogP contribution >= 0.6 is 0 Å². The van der Waals surface area contributed by atoms with Gasteiger partial charge in [-0.05, 0) is 36.2 Å². The van der Waals surface area contributed by atoms with Crippen LogP contribution < -0.4 is 9.46 Å². The lowest BCUT2D eigenvalue weighted by atomic mass is 10.1. The SMILES string of the molecule is COc1cccc(S(=O)(=O)Nc2ccc(CCO)cc2)c1. The predicted octanol–water partition coefficient (Wildman–Crippen LogP) is 2.03. The molecule has 0 spiro atoms. The van der Waals surface area contributed by atoms with E-state index in [0.29, 0.717) is 17.9 Å². The normalized spacial score (nSPS) is 11.1. The van der Waals surface area contributed by atoms with E-state index in [4.69, 9.17) is 9.84 Å². The Balaban J connectivity index is 2.20. The fourth-order valence-electron chi connectivity index (χ4n) is 1.85. The lowest BCUT2D eigenvalue weighted by molar-refractivity contribution is 0.299. The van der Waals surface area contributed by atoms with Gasteiger partial charge in [-0.15, -0.1) is 0 Å². The van der Waals surface area contributed by atoms with E-state index in [1.54, 1.807) is 36.4 Å². The Hall–Kier alpha value is -2.05. The molecule has 5 nitrogen and oxygen atoms in total. The summed E-state index contributed by atoms with van der Waals surface area (Å²) in [5.41, 5.74) is 1.42. The third kappa shape index (κ3) is 3.96. The topological polar surface area (TPSA) is 75.6 Å². The number of benzene rings is 2. The molecule has 0 fully saturated rings. The van der Waals surface area contributed by atoms with Crippen molar-refractivity contribution in [1.82, 2.24) is 0 Å². The molecule has 6 heteroatoms. The van der Waals surface area contributed by atoms with Crippen LogP contribution in [0.4, 0.5) is 5.69 Å². The Bertz CT molecular complexity index is 696. The average Bonchev–Trinajstić information content (AvgIpc) is 2.49. The van der Waals surface area contributed by atoms with E-state index in [0.717, 1.165) is 5.56 Å². The van der Waals surface area contributed by atoms with Gasteiger partial charge in [0.2, 0.25) is 0 Å². The van der Waals surface area contributed by atoms with Gasteiger partial charge in [-0.2, -0.15) is 0 Å². The highest BCUT2D eigenvalue weighted by atomic mass is 32.2. The first-order chi connectivity index (χ1) is 10.0. The van der Waals surface area contributed by atoms with Crippen molar-refractivity contribution >= 4 is 15.7 Å². The number of hydrogen-bond acceptors (Lipinski definition) is 4. The summed E-state index contributed by atoms with van der Waals surface area (Å²) in [5, 5.41) is 8.85. The molecule has 0 bridgehead atoms. The van der Waals surface area contributed by atoms with Gasteiger partial charge in [0.25, 0.3) is 10.0 Å². The van der Waals surface area contributed by atoms with Gasteiger partial charge in [-0.25, -0.2) is 8.42 Å². The van der Waals surface area contributed by atoms with E-state index in [1.165, 1.54) is 19.2 Å². The molecule has 0 radical (unpaired) electrons. The highest BCUT2D eigenvalue weighted by Gasteiger charge is 2.14. The average molecular weight is 307 g/mol. The van der Waals surface area contributed by atoms with Gasteiger partial charge in [-0.1, -0.05) is 18.2 Å². The number of methoxy groups -OCH3 is 1. The van der Waals surface area contributed by atoms with Crippen molar-refractivity contribution in [2.75, 3.05) is 18.4 Å². The van der Waals surface area contributed by atoms with E-state index < -0.39 is 10.0 Å². The van der Waals surface area contributed by atoms with Crippen LogP contribution in [-0.4, -0.2) is 27.2 Å². The van der Waals surface area contributed by atoms with Crippen molar-refractivity contribution in [3.8, 4) is 5.75 Å². The third-order valence-electron chi connectivity index (χ3n) is 2.96. The van der Waals surface area contributed by atoms with Crippen molar-refractivity contribution in [2.24, 2.45) is 0 Å². The van der Waals surface area contributed by atoms with Gasteiger partial charge in [-0.3, -0.25) is 4.72 Å². The molecule has 0 unspecified atom stereocenters. The van der Waals surface area contributed by atoms with Gasteiger partial charge in [0, 0.05) is 18.4 Å². The summed E-state index contributed by atoms with van der Waals surface area (Å²) >= 11 is 0. The molecule has 0 aromatic heterocycles. The van der Waals surface area contributed by atoms with Crippen molar-refractivity contribution in [3.05, 3.63) is 54.1 Å². The molecule has 0 atom stereocenters. The minimum atomic E-state index is -3.65. The molecule has 0 saturated heterocycles. The maximum absolute atomic E-state index is 12.3. The second kappa shape index (κ2) is 6.60. The van der Waals surface area contributed by atoms with Crippen molar-refractivity contribution in [3.63, 3.8) is 0 Å². The van der Waals surface area contributed by atoms with Crippen molar-refractivity contribution in [2.45, 2.75) is 11.3 Å². The largest absolute Gasteiger partial charge is 0.497 e. The zero-order valence-corrected chi connectivity index (χ0v) is 12.4. The summed E-state index contributed by atoms with van der Waals surface area (Å²) in [6.45, 7) is 0.0644. The van der Waals surface area contributed by atoms with E-state index in [2.05, 4.69) is 4.72 Å². The van der Waals surface area contributed by atoms with Crippen molar-refractivity contribution in [1.29, 1.82) is 0 Å². The van der Waals surface area contributed by atoms with Crippen LogP contribution in [0.15, 0.2) is 53.4 Å². The molecule has 0 saturated carbocycles. The number of hydrogen-bond donors (Lipinski definition) is 2. The number of nitrogens with one attached hydrogen (secondary N) is 1. The van der Waals surface area contributed by atoms with E-state index in [9.17, 15) is 8.42 Å². The zero-order valence-electron chi connectivity index (χ0n) is 11.6. The summed E-state index contributed by atoms with van der Waals surface area (Å²) in [7, 11) is -2.17. The molecule has 2 aromatic carbocycles. The minimum Gasteiger partial charge on any atom is -0.497 e. The summed E-state index contributed by atoms with van der Waals surface area (Å²) < 4.78 is 32.1. The summed E-state index contributed by atoms with van der Waals surface area (Å²) in [4.78, 5) is 0.140. The number of sulfonamides is 1. The maximum Gasteiger partial charge on any atom is 0.262 e. The van der Waals surface area contributed by atoms with E-state index in [1.807, 2.05) is 0 Å². The molecule has 2 N–H and O–H groups in total. The molecule has 2 aromatic rings. The molecule has 0 aliphatic heterocycles. The first-order valence-corrected chi connectivity index (χ1v) is 7.90. The predicted molar refractivity (Wildman–Crippen MR) is 81.0 cm³/mol. The second-order valence-electron chi connectivity index (χ2n) is 4.46. The van der Waals surface area contributed by atoms with Gasteiger partial charge >= 0.3 is 0 Å². The molecule has 2 rings (SSSR count). The fraction of sp³-hybridized carbons (Fsp3) is 0.200. The summed E-state index contributed by atoms with van der Waals surface area (Å²) in [6, 6.07) is 13.2. The van der Waals surface area contributed by atoms with Crippen LogP contribution in [0.3, 0.4) is 0 Å². The van der Waals surface area contributed by atoms with Crippen LogP contribution in [0.5, 0.6) is 5.75 Å². The number of aliphatic hydroxyl groups excluding tert-OH is 1. The Morgan fingerprint density at radius 1 is 1.14 bits per heavy atom. The Labute approximate surface area is 124 Å². The number of anilines is 1. The Morgan fingerprint density at radius 2 is 1.86 bits per heavy atom. The molecular weight excluding hydrogens is 290 g/mol. The van der Waals surface area contributed by atoms with Gasteiger partial charge in [0.15, 0.2) is 0 Å². The Kier molecular flexibility index (Phi) is 4.82. The quantitative estimate of drug-likeness (QED) is 0.856. The van der Waals surface area contributed by atoms with Crippen LogP contribution in [0.25, 0.3) is 0 Å². The lowest BCUT2D eigenvalue weighted by Gasteiger charge is -2.09. The highest BCUT2D eigenvalue weighted by Crippen LogP contribution is 2.20. The number of aliphatic hydroxyl groups is 1. The van der Waals surface area contributed by atoms with Crippen LogP contribution in [0, 0.1) is 0 Å². The smallest absolute Gasteiger partial charge is 0.262 e. The first-order valence-electron chi connectivity index (χ1n) is 6.42. The summed E-state index contributed by atoms with van der Waals surface area (Å²) in [6.07, 6.45) is 0.545. The van der Waals surface area contributed by atoms with E-state index >= 15 is 0 Å². The number of rotatable bonds is 6. The minimum absolute atomic E-state index is 0.0644. The maximum atomic E-state index is 12.3. The Morgan fingerprint density at radius 3 is 2.48 bits per heavy atom. The summed E-state index contributed by atoms with van der Waals surface area (Å²) in [5.74, 6) is 0.483. The molecule has 0 heterocycles. The monoisotopic (exact) mass is 307 g/mol. The van der Waals surface area contributed by atoms with Crippen LogP contribution in [0.2, 0.25) is 0 Å². The fourth-order valence-corrected chi connectivity index (χ4v) is 2.94. The lowest BCUT2D eigenvalue weighted by Crippen LogP contribution is -2.13. The molecular formula is C15H17NO4S. The molecule has 0 amide bonds. The third-order valence-corrected chi connectivity index (χ3v) is 4.34.